The smallest absolute Gasteiger partial charge is 0.123 e. The zero-order valence-corrected chi connectivity index (χ0v) is 12.4. The van der Waals surface area contributed by atoms with Crippen molar-refractivity contribution >= 4 is 11.3 Å². The van der Waals surface area contributed by atoms with Gasteiger partial charge < -0.3 is 5.73 Å². The maximum atomic E-state index is 12.9. The third-order valence-corrected chi connectivity index (χ3v) is 5.07. The average Bonchev–Trinajstić information content (AvgIpc) is 2.80. The first-order chi connectivity index (χ1) is 9.61. The van der Waals surface area contributed by atoms with Gasteiger partial charge in [-0.3, -0.25) is 0 Å². The number of fused-ring (bicyclic) bond motifs is 1. The van der Waals surface area contributed by atoms with E-state index in [-0.39, 0.29) is 11.9 Å². The molecule has 2 N–H and O–H groups in total. The number of hydrogen-bond acceptors (Lipinski definition) is 3. The van der Waals surface area contributed by atoms with Crippen molar-refractivity contribution in [2.75, 3.05) is 0 Å². The molecule has 20 heavy (non-hydrogen) atoms. The summed E-state index contributed by atoms with van der Waals surface area (Å²) in [6.07, 6.45) is 4.22. The van der Waals surface area contributed by atoms with E-state index in [0.717, 1.165) is 35.8 Å². The lowest BCUT2D eigenvalue weighted by Crippen LogP contribution is -2.13. The molecule has 0 fully saturated rings. The lowest BCUT2D eigenvalue weighted by atomic mass is 9.93. The summed E-state index contributed by atoms with van der Waals surface area (Å²) in [5, 5.41) is 1.11. The second-order valence-electron chi connectivity index (χ2n) is 5.69. The summed E-state index contributed by atoms with van der Waals surface area (Å²) < 4.78 is 12.9. The molecule has 2 aromatic rings. The van der Waals surface area contributed by atoms with Crippen LogP contribution < -0.4 is 5.73 Å². The van der Waals surface area contributed by atoms with E-state index in [1.165, 1.54) is 29.1 Å². The Morgan fingerprint density at radius 3 is 2.90 bits per heavy atom. The molecule has 0 spiro atoms. The molecule has 1 aliphatic carbocycles. The summed E-state index contributed by atoms with van der Waals surface area (Å²) in [5.74, 6) is 0.543. The van der Waals surface area contributed by atoms with Gasteiger partial charge in [0.15, 0.2) is 0 Å². The number of nitrogens with zero attached hydrogens (tertiary/aromatic N) is 1. The normalized spacial score (nSPS) is 19.6. The maximum absolute atomic E-state index is 12.9. The standard InChI is InChI=1S/C16H19FN2S/c1-10-2-7-14-15(8-10)20-16(19-14)9-13(18)11-3-5-12(17)6-4-11/h3-6,10,13H,2,7-9,18H2,1H3. The van der Waals surface area contributed by atoms with Crippen molar-refractivity contribution < 1.29 is 4.39 Å². The Hall–Kier alpha value is -1.26. The highest BCUT2D eigenvalue weighted by Crippen LogP contribution is 2.31. The molecule has 0 saturated heterocycles. The van der Waals surface area contributed by atoms with E-state index >= 15 is 0 Å². The summed E-state index contributed by atoms with van der Waals surface area (Å²) >= 11 is 1.80. The van der Waals surface area contributed by atoms with E-state index in [2.05, 4.69) is 6.92 Å². The number of aryl methyl sites for hydroxylation is 1. The van der Waals surface area contributed by atoms with Gasteiger partial charge in [0.2, 0.25) is 0 Å². The van der Waals surface area contributed by atoms with Crippen LogP contribution in [0.2, 0.25) is 0 Å². The van der Waals surface area contributed by atoms with Gasteiger partial charge in [0.1, 0.15) is 5.82 Å². The van der Waals surface area contributed by atoms with E-state index in [0.29, 0.717) is 0 Å². The van der Waals surface area contributed by atoms with Crippen LogP contribution in [0.15, 0.2) is 24.3 Å². The number of thiazole rings is 1. The van der Waals surface area contributed by atoms with E-state index in [4.69, 9.17) is 10.7 Å². The Bertz CT molecular complexity index is 591. The predicted molar refractivity (Wildman–Crippen MR) is 80.3 cm³/mol. The fourth-order valence-corrected chi connectivity index (χ4v) is 4.03. The Morgan fingerprint density at radius 1 is 1.40 bits per heavy atom. The van der Waals surface area contributed by atoms with Crippen LogP contribution in [-0.2, 0) is 19.3 Å². The highest BCUT2D eigenvalue weighted by atomic mass is 32.1. The van der Waals surface area contributed by atoms with E-state index < -0.39 is 0 Å². The van der Waals surface area contributed by atoms with Crippen molar-refractivity contribution in [1.29, 1.82) is 0 Å². The van der Waals surface area contributed by atoms with Crippen LogP contribution in [0.25, 0.3) is 0 Å². The van der Waals surface area contributed by atoms with Crippen molar-refractivity contribution in [2.45, 2.75) is 38.6 Å². The van der Waals surface area contributed by atoms with Crippen LogP contribution in [0.1, 0.15) is 40.5 Å². The van der Waals surface area contributed by atoms with Gasteiger partial charge in [-0.05, 0) is 42.9 Å². The molecular formula is C16H19FN2S. The zero-order chi connectivity index (χ0) is 14.1. The Balaban J connectivity index is 1.73. The Kier molecular flexibility index (Phi) is 3.85. The quantitative estimate of drug-likeness (QED) is 0.937. The topological polar surface area (TPSA) is 38.9 Å². The molecule has 0 bridgehead atoms. The second-order valence-corrected chi connectivity index (χ2v) is 6.86. The minimum absolute atomic E-state index is 0.111. The minimum atomic E-state index is -0.223. The Labute approximate surface area is 122 Å². The van der Waals surface area contributed by atoms with Gasteiger partial charge in [0, 0.05) is 17.3 Å². The summed E-state index contributed by atoms with van der Waals surface area (Å²) in [4.78, 5) is 6.17. The fraction of sp³-hybridized carbons (Fsp3) is 0.438. The number of nitrogens with two attached hydrogens (primary N) is 1. The van der Waals surface area contributed by atoms with Gasteiger partial charge in [0.25, 0.3) is 0 Å². The lowest BCUT2D eigenvalue weighted by Gasteiger charge is -2.15. The van der Waals surface area contributed by atoms with E-state index in [1.54, 1.807) is 23.5 Å². The van der Waals surface area contributed by atoms with Gasteiger partial charge >= 0.3 is 0 Å². The van der Waals surface area contributed by atoms with Crippen LogP contribution in [0.4, 0.5) is 4.39 Å². The average molecular weight is 290 g/mol. The van der Waals surface area contributed by atoms with Crippen molar-refractivity contribution in [3.05, 3.63) is 51.2 Å². The van der Waals surface area contributed by atoms with Crippen LogP contribution in [0.5, 0.6) is 0 Å². The first-order valence-corrected chi connectivity index (χ1v) is 7.92. The predicted octanol–water partition coefficient (Wildman–Crippen LogP) is 3.65. The fourth-order valence-electron chi connectivity index (χ4n) is 2.70. The lowest BCUT2D eigenvalue weighted by molar-refractivity contribution is 0.501. The summed E-state index contributed by atoms with van der Waals surface area (Å²) in [6, 6.07) is 6.33. The van der Waals surface area contributed by atoms with Crippen LogP contribution >= 0.6 is 11.3 Å². The van der Waals surface area contributed by atoms with Crippen molar-refractivity contribution in [2.24, 2.45) is 11.7 Å². The highest BCUT2D eigenvalue weighted by molar-refractivity contribution is 7.11. The van der Waals surface area contributed by atoms with Gasteiger partial charge in [-0.2, -0.15) is 0 Å². The van der Waals surface area contributed by atoms with E-state index in [1.807, 2.05) is 0 Å². The Morgan fingerprint density at radius 2 is 2.15 bits per heavy atom. The molecule has 0 saturated carbocycles. The molecule has 2 atom stereocenters. The van der Waals surface area contributed by atoms with Crippen molar-refractivity contribution in [1.82, 2.24) is 4.98 Å². The molecule has 4 heteroatoms. The molecule has 1 aliphatic rings. The molecule has 3 rings (SSSR count). The van der Waals surface area contributed by atoms with Crippen LogP contribution in [-0.4, -0.2) is 4.98 Å². The van der Waals surface area contributed by atoms with Crippen LogP contribution in [0.3, 0.4) is 0 Å². The molecule has 2 unspecified atom stereocenters. The molecule has 2 nitrogen and oxygen atoms in total. The van der Waals surface area contributed by atoms with Crippen LogP contribution in [0, 0.1) is 11.7 Å². The zero-order valence-electron chi connectivity index (χ0n) is 11.6. The van der Waals surface area contributed by atoms with Gasteiger partial charge in [-0.25, -0.2) is 9.37 Å². The monoisotopic (exact) mass is 290 g/mol. The van der Waals surface area contributed by atoms with Gasteiger partial charge in [-0.1, -0.05) is 19.1 Å². The number of rotatable bonds is 3. The largest absolute Gasteiger partial charge is 0.324 e. The molecule has 0 aliphatic heterocycles. The third-order valence-electron chi connectivity index (χ3n) is 3.92. The third kappa shape index (κ3) is 2.91. The number of halogens is 1. The molecular weight excluding hydrogens is 271 g/mol. The summed E-state index contributed by atoms with van der Waals surface area (Å²) in [6.45, 7) is 2.30. The molecule has 1 heterocycles. The molecule has 0 radical (unpaired) electrons. The maximum Gasteiger partial charge on any atom is 0.123 e. The summed E-state index contributed by atoms with van der Waals surface area (Å²) in [5.41, 5.74) is 8.44. The number of benzene rings is 1. The van der Waals surface area contributed by atoms with Crippen molar-refractivity contribution in [3.63, 3.8) is 0 Å². The molecule has 0 amide bonds. The van der Waals surface area contributed by atoms with Gasteiger partial charge in [0.05, 0.1) is 10.7 Å². The second kappa shape index (κ2) is 5.62. The SMILES string of the molecule is CC1CCc2nc(CC(N)c3ccc(F)cc3)sc2C1. The first kappa shape index (κ1) is 13.7. The molecule has 106 valence electrons. The highest BCUT2D eigenvalue weighted by Gasteiger charge is 2.20. The van der Waals surface area contributed by atoms with Gasteiger partial charge in [-0.15, -0.1) is 11.3 Å². The number of hydrogen-bond donors (Lipinski definition) is 1. The first-order valence-electron chi connectivity index (χ1n) is 7.10. The number of aromatic nitrogens is 1. The minimum Gasteiger partial charge on any atom is -0.324 e. The summed E-state index contributed by atoms with van der Waals surface area (Å²) in [7, 11) is 0. The molecule has 1 aromatic carbocycles. The molecule has 1 aromatic heterocycles. The van der Waals surface area contributed by atoms with Crippen molar-refractivity contribution in [3.8, 4) is 0 Å². The van der Waals surface area contributed by atoms with E-state index in [9.17, 15) is 4.39 Å².